The van der Waals surface area contributed by atoms with Crippen molar-refractivity contribution in [2.45, 2.75) is 13.3 Å². The van der Waals surface area contributed by atoms with Crippen molar-refractivity contribution >= 4 is 0 Å². The second-order valence-electron chi connectivity index (χ2n) is 1.84. The minimum Gasteiger partial charge on any atom is -0.361 e. The van der Waals surface area contributed by atoms with Gasteiger partial charge in [0.05, 0.1) is 0 Å². The van der Waals surface area contributed by atoms with E-state index in [2.05, 4.69) is 18.0 Å². The maximum Gasteiger partial charge on any atom is 0.0457 e. The first-order chi connectivity index (χ1) is 4.43. The van der Waals surface area contributed by atoms with Gasteiger partial charge in [0.1, 0.15) is 0 Å². The molecule has 0 aliphatic carbocycles. The van der Waals surface area contributed by atoms with Crippen molar-refractivity contribution in [2.75, 3.05) is 0 Å². The SMILES string of the molecule is CC/C=[C]\c1ccc[nH]1. The van der Waals surface area contributed by atoms with E-state index in [4.69, 9.17) is 0 Å². The number of rotatable bonds is 2. The van der Waals surface area contributed by atoms with Gasteiger partial charge in [-0.15, -0.1) is 0 Å². The molecule has 1 aromatic heterocycles. The van der Waals surface area contributed by atoms with Crippen LogP contribution in [0.15, 0.2) is 24.4 Å². The number of aromatic amines is 1. The van der Waals surface area contributed by atoms with E-state index in [9.17, 15) is 0 Å². The third-order valence-corrected chi connectivity index (χ3v) is 1.06. The summed E-state index contributed by atoms with van der Waals surface area (Å²) >= 11 is 0. The highest BCUT2D eigenvalue weighted by Gasteiger charge is 1.80. The molecule has 0 unspecified atom stereocenters. The first-order valence-electron chi connectivity index (χ1n) is 3.15. The van der Waals surface area contributed by atoms with Crippen LogP contribution in [-0.4, -0.2) is 4.98 Å². The largest absolute Gasteiger partial charge is 0.361 e. The molecule has 1 rings (SSSR count). The smallest absolute Gasteiger partial charge is 0.0457 e. The second-order valence-corrected chi connectivity index (χ2v) is 1.84. The van der Waals surface area contributed by atoms with Crippen LogP contribution in [-0.2, 0) is 0 Å². The van der Waals surface area contributed by atoms with E-state index in [1.807, 2.05) is 24.4 Å². The van der Waals surface area contributed by atoms with Crippen LogP contribution in [0.5, 0.6) is 0 Å². The van der Waals surface area contributed by atoms with Gasteiger partial charge in [-0.25, -0.2) is 0 Å². The fraction of sp³-hybridized carbons (Fsp3) is 0.250. The molecule has 0 saturated heterocycles. The maximum absolute atomic E-state index is 3.09. The van der Waals surface area contributed by atoms with Crippen LogP contribution in [0.2, 0.25) is 0 Å². The summed E-state index contributed by atoms with van der Waals surface area (Å²) in [5.74, 6) is 0. The topological polar surface area (TPSA) is 15.8 Å². The Balaban J connectivity index is 2.57. The number of hydrogen-bond donors (Lipinski definition) is 1. The molecule has 9 heavy (non-hydrogen) atoms. The Morgan fingerprint density at radius 2 is 2.67 bits per heavy atom. The minimum absolute atomic E-state index is 1.04. The van der Waals surface area contributed by atoms with E-state index < -0.39 is 0 Å². The Labute approximate surface area is 55.4 Å². The molecule has 0 saturated carbocycles. The average Bonchev–Trinajstić information content (AvgIpc) is 2.34. The van der Waals surface area contributed by atoms with Crippen molar-refractivity contribution < 1.29 is 0 Å². The van der Waals surface area contributed by atoms with Crippen LogP contribution in [0, 0.1) is 6.08 Å². The Morgan fingerprint density at radius 1 is 1.78 bits per heavy atom. The molecule has 1 nitrogen and oxygen atoms in total. The highest BCUT2D eigenvalue weighted by molar-refractivity contribution is 5.12. The molecule has 0 aliphatic heterocycles. The monoisotopic (exact) mass is 120 g/mol. The number of H-pyrrole nitrogens is 1. The summed E-state index contributed by atoms with van der Waals surface area (Å²) < 4.78 is 0. The maximum atomic E-state index is 3.09. The molecule has 1 heterocycles. The van der Waals surface area contributed by atoms with E-state index in [1.54, 1.807) is 0 Å². The Morgan fingerprint density at radius 3 is 3.22 bits per heavy atom. The third-order valence-electron chi connectivity index (χ3n) is 1.06. The number of allylic oxidation sites excluding steroid dienone is 1. The minimum atomic E-state index is 1.04. The second kappa shape index (κ2) is 3.13. The standard InChI is InChI=1S/C8H10N/c1-2-3-5-8-6-4-7-9-8/h3-4,6-7,9H,2H2,1H3. The van der Waals surface area contributed by atoms with Crippen molar-refractivity contribution in [3.63, 3.8) is 0 Å². The van der Waals surface area contributed by atoms with Crippen LogP contribution in [0.25, 0.3) is 0 Å². The zero-order chi connectivity index (χ0) is 6.53. The lowest BCUT2D eigenvalue weighted by Crippen LogP contribution is -1.68. The highest BCUT2D eigenvalue weighted by Crippen LogP contribution is 1.93. The summed E-state index contributed by atoms with van der Waals surface area (Å²) in [7, 11) is 0. The van der Waals surface area contributed by atoms with Crippen LogP contribution in [0.1, 0.15) is 19.0 Å². The molecule has 0 bridgehead atoms. The molecular weight excluding hydrogens is 110 g/mol. The molecular formula is C8H10N. The van der Waals surface area contributed by atoms with Crippen molar-refractivity contribution in [1.82, 2.24) is 4.98 Å². The first-order valence-corrected chi connectivity index (χ1v) is 3.15. The van der Waals surface area contributed by atoms with Crippen molar-refractivity contribution in [3.8, 4) is 0 Å². The lowest BCUT2D eigenvalue weighted by Gasteiger charge is -1.79. The fourth-order valence-corrected chi connectivity index (χ4v) is 0.632. The molecule has 0 aliphatic rings. The normalized spacial score (nSPS) is 10.8. The van der Waals surface area contributed by atoms with E-state index in [0.717, 1.165) is 12.1 Å². The molecule has 0 aromatic carbocycles. The van der Waals surface area contributed by atoms with Gasteiger partial charge in [-0.1, -0.05) is 13.0 Å². The predicted molar refractivity (Wildman–Crippen MR) is 38.0 cm³/mol. The number of aromatic nitrogens is 1. The first kappa shape index (κ1) is 6.14. The van der Waals surface area contributed by atoms with Gasteiger partial charge in [0.2, 0.25) is 0 Å². The van der Waals surface area contributed by atoms with Crippen molar-refractivity contribution in [2.24, 2.45) is 0 Å². The summed E-state index contributed by atoms with van der Waals surface area (Å²) in [5, 5.41) is 0. The van der Waals surface area contributed by atoms with Gasteiger partial charge >= 0.3 is 0 Å². The van der Waals surface area contributed by atoms with Crippen LogP contribution in [0.4, 0.5) is 0 Å². The van der Waals surface area contributed by atoms with Gasteiger partial charge in [-0.3, -0.25) is 0 Å². The zero-order valence-electron chi connectivity index (χ0n) is 5.52. The predicted octanol–water partition coefficient (Wildman–Crippen LogP) is 2.13. The summed E-state index contributed by atoms with van der Waals surface area (Å²) in [6, 6.07) is 3.96. The van der Waals surface area contributed by atoms with Gasteiger partial charge < -0.3 is 4.98 Å². The zero-order valence-corrected chi connectivity index (χ0v) is 5.52. The summed E-state index contributed by atoms with van der Waals surface area (Å²) in [4.78, 5) is 3.03. The Kier molecular flexibility index (Phi) is 2.13. The van der Waals surface area contributed by atoms with Gasteiger partial charge in [-0.05, 0) is 18.6 Å². The summed E-state index contributed by atoms with van der Waals surface area (Å²) in [6.07, 6.45) is 8.03. The quantitative estimate of drug-likeness (QED) is 0.615. The lowest BCUT2D eigenvalue weighted by molar-refractivity contribution is 1.20. The molecule has 0 atom stereocenters. The molecule has 0 amide bonds. The van der Waals surface area contributed by atoms with Gasteiger partial charge in [0.25, 0.3) is 0 Å². The van der Waals surface area contributed by atoms with Gasteiger partial charge in [-0.2, -0.15) is 0 Å². The van der Waals surface area contributed by atoms with Crippen LogP contribution in [0.3, 0.4) is 0 Å². The average molecular weight is 120 g/mol. The van der Waals surface area contributed by atoms with Crippen LogP contribution < -0.4 is 0 Å². The fourth-order valence-electron chi connectivity index (χ4n) is 0.632. The van der Waals surface area contributed by atoms with Gasteiger partial charge in [0, 0.05) is 18.0 Å². The Hall–Kier alpha value is -0.980. The van der Waals surface area contributed by atoms with E-state index in [1.165, 1.54) is 0 Å². The molecule has 1 radical (unpaired) electrons. The van der Waals surface area contributed by atoms with E-state index in [-0.39, 0.29) is 0 Å². The summed E-state index contributed by atoms with van der Waals surface area (Å²) in [6.45, 7) is 2.09. The van der Waals surface area contributed by atoms with E-state index in [0.29, 0.717) is 0 Å². The number of nitrogens with one attached hydrogen (secondary N) is 1. The van der Waals surface area contributed by atoms with Crippen molar-refractivity contribution in [3.05, 3.63) is 36.2 Å². The summed E-state index contributed by atoms with van der Waals surface area (Å²) in [5.41, 5.74) is 1.05. The molecule has 1 heteroatoms. The molecule has 0 spiro atoms. The third kappa shape index (κ3) is 1.76. The molecule has 0 fully saturated rings. The molecule has 47 valence electrons. The Bertz CT molecular complexity index is 172. The highest BCUT2D eigenvalue weighted by atomic mass is 14.7. The lowest BCUT2D eigenvalue weighted by atomic mass is 10.3. The van der Waals surface area contributed by atoms with Gasteiger partial charge in [0.15, 0.2) is 0 Å². The molecule has 1 aromatic rings. The molecule has 1 N–H and O–H groups in total. The van der Waals surface area contributed by atoms with Crippen molar-refractivity contribution in [1.29, 1.82) is 0 Å². The van der Waals surface area contributed by atoms with Crippen LogP contribution >= 0.6 is 0 Å². The number of hydrogen-bond acceptors (Lipinski definition) is 0. The van der Waals surface area contributed by atoms with E-state index >= 15 is 0 Å².